The zero-order chi connectivity index (χ0) is 13.8. The molecule has 5 nitrogen and oxygen atoms in total. The van der Waals surface area contributed by atoms with E-state index in [9.17, 15) is 14.3 Å². The summed E-state index contributed by atoms with van der Waals surface area (Å²) >= 11 is 0. The fourth-order valence-electron chi connectivity index (χ4n) is 2.08. The third-order valence-electron chi connectivity index (χ3n) is 3.09. The van der Waals surface area contributed by atoms with Crippen molar-refractivity contribution in [1.82, 2.24) is 4.90 Å². The number of morpholine rings is 1. The Balaban J connectivity index is 2.29. The molecule has 1 atom stereocenters. The average Bonchev–Trinajstić information content (AvgIpc) is 2.46. The van der Waals surface area contributed by atoms with Gasteiger partial charge in [0.25, 0.3) is 5.91 Å². The Morgan fingerprint density at radius 2 is 2.42 bits per heavy atom. The quantitative estimate of drug-likeness (QED) is 0.876. The van der Waals surface area contributed by atoms with Gasteiger partial charge in [-0.15, -0.1) is 0 Å². The van der Waals surface area contributed by atoms with Crippen molar-refractivity contribution in [2.24, 2.45) is 0 Å². The first-order valence-electron chi connectivity index (χ1n) is 6.00. The Morgan fingerprint density at radius 3 is 3.11 bits per heavy atom. The summed E-state index contributed by atoms with van der Waals surface area (Å²) in [6.45, 7) is 0.854. The number of amides is 1. The number of aliphatic hydroxyl groups is 1. The molecule has 0 aliphatic carbocycles. The maximum atomic E-state index is 13.3. The Morgan fingerprint density at radius 1 is 1.63 bits per heavy atom. The summed E-state index contributed by atoms with van der Waals surface area (Å²) in [5.41, 5.74) is 0.155. The molecule has 0 radical (unpaired) electrons. The number of halogens is 1. The van der Waals surface area contributed by atoms with Crippen LogP contribution in [0.4, 0.5) is 4.39 Å². The molecular formula is C13H16FNO4. The summed E-state index contributed by atoms with van der Waals surface area (Å²) in [5, 5.41) is 9.26. The molecule has 1 heterocycles. The minimum atomic E-state index is -0.502. The zero-order valence-electron chi connectivity index (χ0n) is 10.6. The highest BCUT2D eigenvalue weighted by atomic mass is 19.1. The van der Waals surface area contributed by atoms with Gasteiger partial charge in [-0.3, -0.25) is 4.79 Å². The van der Waals surface area contributed by atoms with Crippen LogP contribution in [0.1, 0.15) is 10.4 Å². The van der Waals surface area contributed by atoms with Crippen molar-refractivity contribution in [2.45, 2.75) is 6.04 Å². The van der Waals surface area contributed by atoms with Gasteiger partial charge in [0.15, 0.2) is 0 Å². The molecule has 1 aliphatic rings. The number of aliphatic hydroxyl groups excluding tert-OH is 1. The molecule has 1 N–H and O–H groups in total. The predicted molar refractivity (Wildman–Crippen MR) is 65.7 cm³/mol. The molecular weight excluding hydrogens is 253 g/mol. The van der Waals surface area contributed by atoms with Crippen LogP contribution in [0.15, 0.2) is 18.2 Å². The normalized spacial score (nSPS) is 19.3. The summed E-state index contributed by atoms with van der Waals surface area (Å²) in [5.74, 6) is -0.550. The summed E-state index contributed by atoms with van der Waals surface area (Å²) in [4.78, 5) is 13.9. The number of methoxy groups -OCH3 is 1. The van der Waals surface area contributed by atoms with E-state index in [2.05, 4.69) is 0 Å². The van der Waals surface area contributed by atoms with E-state index in [4.69, 9.17) is 9.47 Å². The van der Waals surface area contributed by atoms with Crippen molar-refractivity contribution in [2.75, 3.05) is 33.5 Å². The second-order valence-electron chi connectivity index (χ2n) is 4.25. The van der Waals surface area contributed by atoms with E-state index in [1.54, 1.807) is 0 Å². The van der Waals surface area contributed by atoms with Gasteiger partial charge in [0.1, 0.15) is 11.6 Å². The van der Waals surface area contributed by atoms with Gasteiger partial charge in [0.2, 0.25) is 0 Å². The summed E-state index contributed by atoms with van der Waals surface area (Å²) in [6.07, 6.45) is 0. The molecule has 6 heteroatoms. The van der Waals surface area contributed by atoms with Crippen LogP contribution in [0.2, 0.25) is 0 Å². The van der Waals surface area contributed by atoms with Gasteiger partial charge in [-0.25, -0.2) is 4.39 Å². The van der Waals surface area contributed by atoms with Gasteiger partial charge in [0, 0.05) is 6.54 Å². The van der Waals surface area contributed by atoms with Crippen LogP contribution in [0.5, 0.6) is 5.75 Å². The van der Waals surface area contributed by atoms with Gasteiger partial charge in [0.05, 0.1) is 38.5 Å². The van der Waals surface area contributed by atoms with Crippen molar-refractivity contribution >= 4 is 5.91 Å². The lowest BCUT2D eigenvalue weighted by Gasteiger charge is -2.34. The van der Waals surface area contributed by atoms with Crippen LogP contribution in [0.3, 0.4) is 0 Å². The maximum Gasteiger partial charge on any atom is 0.258 e. The van der Waals surface area contributed by atoms with Gasteiger partial charge >= 0.3 is 0 Å². The minimum Gasteiger partial charge on any atom is -0.496 e. The molecule has 0 aromatic heterocycles. The Hall–Kier alpha value is -1.66. The Bertz CT molecular complexity index is 466. The van der Waals surface area contributed by atoms with E-state index >= 15 is 0 Å². The fourth-order valence-corrected chi connectivity index (χ4v) is 2.08. The van der Waals surface area contributed by atoms with Crippen LogP contribution in [-0.4, -0.2) is 55.4 Å². The largest absolute Gasteiger partial charge is 0.496 e. The summed E-state index contributed by atoms with van der Waals surface area (Å²) in [6, 6.07) is 3.38. The minimum absolute atomic E-state index is 0.155. The first-order chi connectivity index (χ1) is 9.17. The third kappa shape index (κ3) is 2.85. The van der Waals surface area contributed by atoms with Crippen LogP contribution < -0.4 is 4.74 Å². The van der Waals surface area contributed by atoms with Crippen LogP contribution in [-0.2, 0) is 4.74 Å². The predicted octanol–water partition coefficient (Wildman–Crippen LogP) is 0.668. The molecule has 0 spiro atoms. The number of carbonyl (C=O) groups is 1. The van der Waals surface area contributed by atoms with Crippen LogP contribution >= 0.6 is 0 Å². The first kappa shape index (κ1) is 13.8. The number of carbonyl (C=O) groups excluding carboxylic acids is 1. The molecule has 104 valence electrons. The SMILES string of the molecule is COc1ccc(F)cc1C(=O)N1CCOC[C@@H]1CO. The number of benzene rings is 1. The topological polar surface area (TPSA) is 59.0 Å². The maximum absolute atomic E-state index is 13.3. The highest BCUT2D eigenvalue weighted by molar-refractivity contribution is 5.97. The zero-order valence-corrected chi connectivity index (χ0v) is 10.6. The van der Waals surface area contributed by atoms with Gasteiger partial charge in [-0.05, 0) is 18.2 Å². The second-order valence-corrected chi connectivity index (χ2v) is 4.25. The van der Waals surface area contributed by atoms with Crippen molar-refractivity contribution in [3.8, 4) is 5.75 Å². The molecule has 1 aliphatic heterocycles. The van der Waals surface area contributed by atoms with Gasteiger partial charge in [-0.1, -0.05) is 0 Å². The number of rotatable bonds is 3. The molecule has 0 bridgehead atoms. The number of nitrogens with zero attached hydrogens (tertiary/aromatic N) is 1. The lowest BCUT2D eigenvalue weighted by atomic mass is 10.1. The standard InChI is InChI=1S/C13H16FNO4/c1-18-12-3-2-9(14)6-11(12)13(17)15-4-5-19-8-10(15)7-16/h2-3,6,10,16H,4-5,7-8H2,1H3/t10-/m0/s1. The molecule has 1 fully saturated rings. The monoisotopic (exact) mass is 269 g/mol. The Labute approximate surface area is 110 Å². The van der Waals surface area contributed by atoms with Crippen LogP contribution in [0, 0.1) is 5.82 Å². The molecule has 1 aromatic rings. The second kappa shape index (κ2) is 5.99. The van der Waals surface area contributed by atoms with E-state index in [0.717, 1.165) is 6.07 Å². The van der Waals surface area contributed by atoms with E-state index in [0.29, 0.717) is 18.9 Å². The van der Waals surface area contributed by atoms with E-state index in [1.165, 1.54) is 24.1 Å². The van der Waals surface area contributed by atoms with Gasteiger partial charge in [-0.2, -0.15) is 0 Å². The highest BCUT2D eigenvalue weighted by Crippen LogP contribution is 2.22. The molecule has 0 unspecified atom stereocenters. The number of hydrogen-bond acceptors (Lipinski definition) is 4. The van der Waals surface area contributed by atoms with E-state index < -0.39 is 11.9 Å². The van der Waals surface area contributed by atoms with E-state index in [-0.39, 0.29) is 24.7 Å². The van der Waals surface area contributed by atoms with Gasteiger partial charge < -0.3 is 19.5 Å². The van der Waals surface area contributed by atoms with E-state index in [1.807, 2.05) is 0 Å². The number of hydrogen-bond donors (Lipinski definition) is 1. The first-order valence-corrected chi connectivity index (χ1v) is 6.00. The molecule has 19 heavy (non-hydrogen) atoms. The molecule has 0 saturated carbocycles. The van der Waals surface area contributed by atoms with Crippen molar-refractivity contribution in [1.29, 1.82) is 0 Å². The highest BCUT2D eigenvalue weighted by Gasteiger charge is 2.29. The third-order valence-corrected chi connectivity index (χ3v) is 3.09. The number of ether oxygens (including phenoxy) is 2. The fraction of sp³-hybridized carbons (Fsp3) is 0.462. The Kier molecular flexibility index (Phi) is 4.34. The molecule has 1 aromatic carbocycles. The lowest BCUT2D eigenvalue weighted by molar-refractivity contribution is -0.0185. The van der Waals surface area contributed by atoms with Crippen molar-refractivity contribution < 1.29 is 23.8 Å². The molecule has 2 rings (SSSR count). The lowest BCUT2D eigenvalue weighted by Crippen LogP contribution is -2.50. The summed E-state index contributed by atoms with van der Waals surface area (Å²) < 4.78 is 23.6. The molecule has 1 amide bonds. The molecule has 1 saturated heterocycles. The van der Waals surface area contributed by atoms with Crippen molar-refractivity contribution in [3.05, 3.63) is 29.6 Å². The van der Waals surface area contributed by atoms with Crippen molar-refractivity contribution in [3.63, 3.8) is 0 Å². The average molecular weight is 269 g/mol. The smallest absolute Gasteiger partial charge is 0.258 e. The van der Waals surface area contributed by atoms with Crippen LogP contribution in [0.25, 0.3) is 0 Å². The summed E-state index contributed by atoms with van der Waals surface area (Å²) in [7, 11) is 1.42.